The van der Waals surface area contributed by atoms with Gasteiger partial charge in [-0.15, -0.1) is 0 Å². The largest absolute Gasteiger partial charge is 0.464 e. The van der Waals surface area contributed by atoms with Crippen molar-refractivity contribution in [3.8, 4) is 0 Å². The fraction of sp³-hybridized carbons (Fsp3) is 0.318. The van der Waals surface area contributed by atoms with Crippen LogP contribution in [-0.4, -0.2) is 32.0 Å². The highest BCUT2D eigenvalue weighted by Crippen LogP contribution is 2.25. The molecule has 0 aliphatic carbocycles. The minimum atomic E-state index is 0.0858. The number of fused-ring (bicyclic) bond motifs is 1. The van der Waals surface area contributed by atoms with Crippen molar-refractivity contribution >= 4 is 22.6 Å². The van der Waals surface area contributed by atoms with E-state index in [9.17, 15) is 4.79 Å². The minimum Gasteiger partial charge on any atom is -0.464 e. The van der Waals surface area contributed by atoms with Gasteiger partial charge in [-0.25, -0.2) is 0 Å². The van der Waals surface area contributed by atoms with Gasteiger partial charge in [-0.05, 0) is 54.8 Å². The maximum atomic E-state index is 12.7. The van der Waals surface area contributed by atoms with Gasteiger partial charge in [-0.2, -0.15) is 0 Å². The first-order valence-electron chi connectivity index (χ1n) is 8.82. The van der Waals surface area contributed by atoms with Crippen molar-refractivity contribution in [3.05, 3.63) is 64.9 Å². The summed E-state index contributed by atoms with van der Waals surface area (Å²) >= 11 is 0. The Morgan fingerprint density at radius 2 is 1.65 bits per heavy atom. The summed E-state index contributed by atoms with van der Waals surface area (Å²) in [7, 11) is 5.88. The lowest BCUT2D eigenvalue weighted by Crippen LogP contribution is -2.27. The standard InChI is InChI=1S/C22H26N2O2/c1-15-10-20-18(14-26-21(20)11-16(15)2)12-22(25)24(5)13-17-6-8-19(9-7-17)23(3)4/h6-11,14H,12-13H2,1-5H3. The van der Waals surface area contributed by atoms with Crippen LogP contribution in [0.1, 0.15) is 22.3 Å². The van der Waals surface area contributed by atoms with Crippen LogP contribution >= 0.6 is 0 Å². The Labute approximate surface area is 155 Å². The lowest BCUT2D eigenvalue weighted by Gasteiger charge is -2.18. The molecule has 4 heteroatoms. The smallest absolute Gasteiger partial charge is 0.227 e. The van der Waals surface area contributed by atoms with E-state index >= 15 is 0 Å². The first kappa shape index (κ1) is 18.1. The molecule has 0 fully saturated rings. The molecular weight excluding hydrogens is 324 g/mol. The molecule has 0 radical (unpaired) electrons. The minimum absolute atomic E-state index is 0.0858. The number of anilines is 1. The Hall–Kier alpha value is -2.75. The van der Waals surface area contributed by atoms with Crippen LogP contribution < -0.4 is 4.90 Å². The second-order valence-corrected chi connectivity index (χ2v) is 7.18. The molecule has 0 atom stereocenters. The molecule has 0 N–H and O–H groups in total. The number of nitrogens with zero attached hydrogens (tertiary/aromatic N) is 2. The summed E-state index contributed by atoms with van der Waals surface area (Å²) in [6.07, 6.45) is 2.06. The van der Waals surface area contributed by atoms with E-state index in [0.717, 1.165) is 27.8 Å². The summed E-state index contributed by atoms with van der Waals surface area (Å²) in [5, 5.41) is 1.03. The molecule has 0 aliphatic rings. The number of aryl methyl sites for hydroxylation is 2. The number of furan rings is 1. The first-order chi connectivity index (χ1) is 12.3. The fourth-order valence-corrected chi connectivity index (χ4v) is 3.03. The van der Waals surface area contributed by atoms with Gasteiger partial charge in [0.15, 0.2) is 0 Å². The van der Waals surface area contributed by atoms with Crippen molar-refractivity contribution < 1.29 is 9.21 Å². The average molecular weight is 350 g/mol. The summed E-state index contributed by atoms with van der Waals surface area (Å²) in [4.78, 5) is 16.5. The van der Waals surface area contributed by atoms with Crippen LogP contribution in [0, 0.1) is 13.8 Å². The third kappa shape index (κ3) is 3.74. The second-order valence-electron chi connectivity index (χ2n) is 7.18. The van der Waals surface area contributed by atoms with Crippen molar-refractivity contribution in [2.75, 3.05) is 26.0 Å². The molecule has 0 unspecified atom stereocenters. The Balaban J connectivity index is 1.70. The monoisotopic (exact) mass is 350 g/mol. The normalized spacial score (nSPS) is 11.0. The molecule has 4 nitrogen and oxygen atoms in total. The predicted molar refractivity (Wildman–Crippen MR) is 107 cm³/mol. The molecule has 0 spiro atoms. The summed E-state index contributed by atoms with van der Waals surface area (Å²) in [6, 6.07) is 12.4. The molecule has 2 aromatic carbocycles. The lowest BCUT2D eigenvalue weighted by atomic mass is 10.0. The van der Waals surface area contributed by atoms with Gasteiger partial charge in [0, 0.05) is 44.3 Å². The molecule has 0 aliphatic heterocycles. The Morgan fingerprint density at radius 1 is 1.00 bits per heavy atom. The number of rotatable bonds is 5. The van der Waals surface area contributed by atoms with E-state index in [-0.39, 0.29) is 5.91 Å². The van der Waals surface area contributed by atoms with E-state index in [1.54, 1.807) is 11.2 Å². The van der Waals surface area contributed by atoms with E-state index in [1.807, 2.05) is 27.2 Å². The van der Waals surface area contributed by atoms with Crippen molar-refractivity contribution in [1.82, 2.24) is 4.90 Å². The van der Waals surface area contributed by atoms with Crippen LogP contribution in [0.2, 0.25) is 0 Å². The molecule has 136 valence electrons. The number of amides is 1. The van der Waals surface area contributed by atoms with Crippen LogP contribution in [-0.2, 0) is 17.8 Å². The topological polar surface area (TPSA) is 36.7 Å². The quantitative estimate of drug-likeness (QED) is 0.688. The van der Waals surface area contributed by atoms with Gasteiger partial charge in [0.25, 0.3) is 0 Å². The van der Waals surface area contributed by atoms with Crippen molar-refractivity contribution in [1.29, 1.82) is 0 Å². The van der Waals surface area contributed by atoms with E-state index < -0.39 is 0 Å². The van der Waals surface area contributed by atoms with Gasteiger partial charge in [0.1, 0.15) is 5.58 Å². The third-order valence-electron chi connectivity index (χ3n) is 4.91. The number of likely N-dealkylation sites (N-methyl/N-ethyl adjacent to an activating group) is 1. The van der Waals surface area contributed by atoms with Gasteiger partial charge in [-0.3, -0.25) is 4.79 Å². The van der Waals surface area contributed by atoms with Crippen molar-refractivity contribution in [3.63, 3.8) is 0 Å². The van der Waals surface area contributed by atoms with Crippen LogP contribution in [0.3, 0.4) is 0 Å². The van der Waals surface area contributed by atoms with Gasteiger partial charge in [0.2, 0.25) is 5.91 Å². The molecule has 0 bridgehead atoms. The molecule has 3 rings (SSSR count). The zero-order valence-electron chi connectivity index (χ0n) is 16.2. The van der Waals surface area contributed by atoms with Gasteiger partial charge < -0.3 is 14.2 Å². The Kier molecular flexibility index (Phi) is 5.03. The maximum Gasteiger partial charge on any atom is 0.227 e. The van der Waals surface area contributed by atoms with Crippen LogP contribution in [0.4, 0.5) is 5.69 Å². The molecular formula is C22H26N2O2. The SMILES string of the molecule is Cc1cc2occ(CC(=O)N(C)Cc3ccc(N(C)C)cc3)c2cc1C. The van der Waals surface area contributed by atoms with Crippen molar-refractivity contribution in [2.45, 2.75) is 26.8 Å². The van der Waals surface area contributed by atoms with Crippen LogP contribution in [0.15, 0.2) is 47.1 Å². The van der Waals surface area contributed by atoms with Crippen LogP contribution in [0.5, 0.6) is 0 Å². The summed E-state index contributed by atoms with van der Waals surface area (Å²) in [5.74, 6) is 0.0858. The Morgan fingerprint density at radius 3 is 2.31 bits per heavy atom. The van der Waals surface area contributed by atoms with Crippen molar-refractivity contribution in [2.24, 2.45) is 0 Å². The van der Waals surface area contributed by atoms with Gasteiger partial charge >= 0.3 is 0 Å². The number of hydrogen-bond acceptors (Lipinski definition) is 3. The average Bonchev–Trinajstić information content (AvgIpc) is 2.97. The van der Waals surface area contributed by atoms with Gasteiger partial charge in [-0.1, -0.05) is 12.1 Å². The lowest BCUT2D eigenvalue weighted by molar-refractivity contribution is -0.129. The molecule has 3 aromatic rings. The molecule has 1 aromatic heterocycles. The number of benzene rings is 2. The molecule has 0 saturated heterocycles. The van der Waals surface area contributed by atoms with E-state index in [2.05, 4.69) is 49.1 Å². The van der Waals surface area contributed by atoms with Crippen LogP contribution in [0.25, 0.3) is 11.0 Å². The highest BCUT2D eigenvalue weighted by atomic mass is 16.3. The zero-order valence-corrected chi connectivity index (χ0v) is 16.2. The summed E-state index contributed by atoms with van der Waals surface area (Å²) in [6.45, 7) is 4.74. The highest BCUT2D eigenvalue weighted by molar-refractivity contribution is 5.88. The second kappa shape index (κ2) is 7.24. The number of hydrogen-bond donors (Lipinski definition) is 0. The van der Waals surface area contributed by atoms with E-state index in [4.69, 9.17) is 4.42 Å². The molecule has 1 heterocycles. The van der Waals surface area contributed by atoms with E-state index in [1.165, 1.54) is 11.1 Å². The Bertz CT molecular complexity index is 923. The maximum absolute atomic E-state index is 12.7. The third-order valence-corrected chi connectivity index (χ3v) is 4.91. The summed E-state index contributed by atoms with van der Waals surface area (Å²) in [5.41, 5.74) is 6.47. The van der Waals surface area contributed by atoms with E-state index in [0.29, 0.717) is 13.0 Å². The van der Waals surface area contributed by atoms with Gasteiger partial charge in [0.05, 0.1) is 12.7 Å². The first-order valence-corrected chi connectivity index (χ1v) is 8.82. The molecule has 26 heavy (non-hydrogen) atoms. The molecule has 1 amide bonds. The highest BCUT2D eigenvalue weighted by Gasteiger charge is 2.15. The number of carbonyl (C=O) groups is 1. The molecule has 0 saturated carbocycles. The fourth-order valence-electron chi connectivity index (χ4n) is 3.03. The number of carbonyl (C=O) groups excluding carboxylic acids is 1. The zero-order chi connectivity index (χ0) is 18.8. The predicted octanol–water partition coefficient (Wildman–Crippen LogP) is 4.32. The summed E-state index contributed by atoms with van der Waals surface area (Å²) < 4.78 is 5.64.